The van der Waals surface area contributed by atoms with Gasteiger partial charge in [-0.2, -0.15) is 0 Å². The lowest BCUT2D eigenvalue weighted by Crippen LogP contribution is -2.34. The van der Waals surface area contributed by atoms with E-state index >= 15 is 0 Å². The lowest BCUT2D eigenvalue weighted by Gasteiger charge is -2.18. The Labute approximate surface area is 130 Å². The number of aliphatic hydroxyl groups excluding tert-OH is 2. The third-order valence-electron chi connectivity index (χ3n) is 3.64. The van der Waals surface area contributed by atoms with Gasteiger partial charge in [-0.1, -0.05) is 38.5 Å². The fourth-order valence-electron chi connectivity index (χ4n) is 2.34. The summed E-state index contributed by atoms with van der Waals surface area (Å²) in [5.74, 6) is 0. The first kappa shape index (κ1) is 20.8. The molecular formula is C16H36N2O3. The third-order valence-corrected chi connectivity index (χ3v) is 3.64. The highest BCUT2D eigenvalue weighted by molar-refractivity contribution is 4.56. The molecule has 21 heavy (non-hydrogen) atoms. The summed E-state index contributed by atoms with van der Waals surface area (Å²) in [6.45, 7) is 0.578. The Bertz CT molecular complexity index is 186. The van der Waals surface area contributed by atoms with Crippen LogP contribution in [0.1, 0.15) is 77.0 Å². The van der Waals surface area contributed by atoms with Gasteiger partial charge in [-0.15, -0.1) is 0 Å². The first-order valence-corrected chi connectivity index (χ1v) is 8.59. The van der Waals surface area contributed by atoms with Crippen molar-refractivity contribution in [2.75, 3.05) is 13.2 Å². The van der Waals surface area contributed by atoms with Crippen molar-refractivity contribution >= 4 is 0 Å². The summed E-state index contributed by atoms with van der Waals surface area (Å²) in [7, 11) is 0. The van der Waals surface area contributed by atoms with E-state index in [4.69, 9.17) is 26.4 Å². The molecule has 0 aromatic rings. The lowest BCUT2D eigenvalue weighted by molar-refractivity contribution is -0.0156. The maximum Gasteiger partial charge on any atom is 0.107 e. The van der Waals surface area contributed by atoms with E-state index in [1.54, 1.807) is 0 Å². The quantitative estimate of drug-likeness (QED) is 0.259. The van der Waals surface area contributed by atoms with Crippen LogP contribution in [0.25, 0.3) is 0 Å². The second kappa shape index (κ2) is 16.2. The number of aliphatic hydroxyl groups is 2. The number of unbranched alkanes of at least 4 members (excludes halogenated alkanes) is 8. The molecule has 0 amide bonds. The number of ether oxygens (including phenoxy) is 1. The molecular weight excluding hydrogens is 268 g/mol. The molecule has 0 radical (unpaired) electrons. The SMILES string of the molecule is NC(CCCCCCCO)OC(N)CCCCCCCO. The van der Waals surface area contributed by atoms with E-state index in [9.17, 15) is 0 Å². The summed E-state index contributed by atoms with van der Waals surface area (Å²) in [4.78, 5) is 0. The minimum Gasteiger partial charge on any atom is -0.396 e. The lowest BCUT2D eigenvalue weighted by atomic mass is 10.1. The molecule has 0 saturated carbocycles. The molecule has 0 aliphatic carbocycles. The molecule has 0 heterocycles. The second-order valence-electron chi connectivity index (χ2n) is 5.77. The van der Waals surface area contributed by atoms with Gasteiger partial charge < -0.3 is 26.4 Å². The van der Waals surface area contributed by atoms with Crippen LogP contribution in [0, 0.1) is 0 Å². The molecule has 0 aliphatic rings. The molecule has 0 aliphatic heterocycles. The maximum absolute atomic E-state index is 8.68. The van der Waals surface area contributed by atoms with E-state index in [1.807, 2.05) is 0 Å². The van der Waals surface area contributed by atoms with Crippen LogP contribution in [0.15, 0.2) is 0 Å². The smallest absolute Gasteiger partial charge is 0.107 e. The molecule has 0 aromatic heterocycles. The van der Waals surface area contributed by atoms with E-state index in [-0.39, 0.29) is 25.7 Å². The van der Waals surface area contributed by atoms with Crippen LogP contribution in [0.5, 0.6) is 0 Å². The standard InChI is InChI=1S/C16H36N2O3/c17-15(11-7-3-1-5-9-13-19)21-16(18)12-8-4-2-6-10-14-20/h15-16,19-20H,1-14,17-18H2. The Morgan fingerprint density at radius 1 is 0.571 bits per heavy atom. The van der Waals surface area contributed by atoms with Crippen LogP contribution in [0.4, 0.5) is 0 Å². The molecule has 0 fully saturated rings. The molecule has 2 atom stereocenters. The molecule has 6 N–H and O–H groups in total. The predicted molar refractivity (Wildman–Crippen MR) is 86.6 cm³/mol. The zero-order chi connectivity index (χ0) is 15.8. The number of hydrogen-bond donors (Lipinski definition) is 4. The Morgan fingerprint density at radius 3 is 1.29 bits per heavy atom. The van der Waals surface area contributed by atoms with Gasteiger partial charge in [-0.25, -0.2) is 0 Å². The fourth-order valence-corrected chi connectivity index (χ4v) is 2.34. The van der Waals surface area contributed by atoms with Crippen LogP contribution in [-0.4, -0.2) is 35.9 Å². The molecule has 0 rings (SSSR count). The van der Waals surface area contributed by atoms with E-state index in [1.165, 1.54) is 0 Å². The van der Waals surface area contributed by atoms with Gasteiger partial charge in [-0.05, 0) is 38.5 Å². The molecule has 0 aromatic carbocycles. The third kappa shape index (κ3) is 16.0. The van der Waals surface area contributed by atoms with E-state index in [0.29, 0.717) is 0 Å². The minimum absolute atomic E-state index is 0.257. The van der Waals surface area contributed by atoms with Crippen LogP contribution in [0.2, 0.25) is 0 Å². The summed E-state index contributed by atoms with van der Waals surface area (Å²) in [5.41, 5.74) is 11.8. The van der Waals surface area contributed by atoms with Gasteiger partial charge >= 0.3 is 0 Å². The van der Waals surface area contributed by atoms with Crippen molar-refractivity contribution in [1.82, 2.24) is 0 Å². The van der Waals surface area contributed by atoms with Gasteiger partial charge in [0.15, 0.2) is 0 Å². The highest BCUT2D eigenvalue weighted by atomic mass is 16.5. The fraction of sp³-hybridized carbons (Fsp3) is 1.00. The van der Waals surface area contributed by atoms with Crippen LogP contribution < -0.4 is 11.5 Å². The van der Waals surface area contributed by atoms with E-state index in [2.05, 4.69) is 0 Å². The van der Waals surface area contributed by atoms with Crippen molar-refractivity contribution < 1.29 is 14.9 Å². The van der Waals surface area contributed by atoms with Crippen LogP contribution in [0.3, 0.4) is 0 Å². The molecule has 0 bridgehead atoms. The van der Waals surface area contributed by atoms with Crippen molar-refractivity contribution in [2.45, 2.75) is 89.5 Å². The normalized spacial score (nSPS) is 14.3. The predicted octanol–water partition coefficient (Wildman–Crippen LogP) is 2.24. The van der Waals surface area contributed by atoms with Crippen molar-refractivity contribution in [3.8, 4) is 0 Å². The average Bonchev–Trinajstić information content (AvgIpc) is 2.46. The molecule has 5 nitrogen and oxygen atoms in total. The first-order chi connectivity index (χ1) is 10.2. The minimum atomic E-state index is -0.257. The Balaban J connectivity index is 3.33. The van der Waals surface area contributed by atoms with Gasteiger partial charge in [0.25, 0.3) is 0 Å². The number of rotatable bonds is 16. The highest BCUT2D eigenvalue weighted by Gasteiger charge is 2.08. The summed E-state index contributed by atoms with van der Waals surface area (Å²) in [5, 5.41) is 17.4. The van der Waals surface area contributed by atoms with E-state index in [0.717, 1.165) is 77.0 Å². The summed E-state index contributed by atoms with van der Waals surface area (Å²) in [6.07, 6.45) is 11.8. The monoisotopic (exact) mass is 304 g/mol. The van der Waals surface area contributed by atoms with E-state index < -0.39 is 0 Å². The first-order valence-electron chi connectivity index (χ1n) is 8.59. The second-order valence-corrected chi connectivity index (χ2v) is 5.77. The van der Waals surface area contributed by atoms with Crippen molar-refractivity contribution in [2.24, 2.45) is 11.5 Å². The average molecular weight is 304 g/mol. The molecule has 0 saturated heterocycles. The highest BCUT2D eigenvalue weighted by Crippen LogP contribution is 2.10. The zero-order valence-electron chi connectivity index (χ0n) is 13.5. The topological polar surface area (TPSA) is 102 Å². The molecule has 128 valence electrons. The van der Waals surface area contributed by atoms with Crippen molar-refractivity contribution in [3.05, 3.63) is 0 Å². The van der Waals surface area contributed by atoms with Crippen LogP contribution in [-0.2, 0) is 4.74 Å². The summed E-state index contributed by atoms with van der Waals surface area (Å²) in [6, 6.07) is 0. The number of nitrogens with two attached hydrogens (primary N) is 2. The Hall–Kier alpha value is -0.200. The Morgan fingerprint density at radius 2 is 0.905 bits per heavy atom. The summed E-state index contributed by atoms with van der Waals surface area (Å²) >= 11 is 0. The maximum atomic E-state index is 8.68. The van der Waals surface area contributed by atoms with Gasteiger partial charge in [0.2, 0.25) is 0 Å². The zero-order valence-corrected chi connectivity index (χ0v) is 13.5. The molecule has 0 spiro atoms. The van der Waals surface area contributed by atoms with Crippen molar-refractivity contribution in [1.29, 1.82) is 0 Å². The van der Waals surface area contributed by atoms with Crippen LogP contribution >= 0.6 is 0 Å². The molecule has 5 heteroatoms. The van der Waals surface area contributed by atoms with Gasteiger partial charge in [0.05, 0.1) is 0 Å². The van der Waals surface area contributed by atoms with Gasteiger partial charge in [0, 0.05) is 13.2 Å². The van der Waals surface area contributed by atoms with Gasteiger partial charge in [-0.3, -0.25) is 0 Å². The summed E-state index contributed by atoms with van der Waals surface area (Å²) < 4.78 is 5.58. The largest absolute Gasteiger partial charge is 0.396 e. The van der Waals surface area contributed by atoms with Crippen molar-refractivity contribution in [3.63, 3.8) is 0 Å². The number of hydrogen-bond acceptors (Lipinski definition) is 5. The molecule has 2 unspecified atom stereocenters. The Kier molecular flexibility index (Phi) is 16.0. The van der Waals surface area contributed by atoms with Gasteiger partial charge in [0.1, 0.15) is 12.5 Å².